The fraction of sp³-hybridized carbons (Fsp3) is 0.304. The van der Waals surface area contributed by atoms with E-state index in [1.54, 1.807) is 4.90 Å². The third kappa shape index (κ3) is 5.23. The number of aromatic amines is 1. The van der Waals surface area contributed by atoms with Crippen molar-refractivity contribution in [2.75, 3.05) is 17.2 Å². The molecule has 0 unspecified atom stereocenters. The van der Waals surface area contributed by atoms with Crippen molar-refractivity contribution in [1.82, 2.24) is 19.7 Å². The minimum Gasteiger partial charge on any atom is -0.383 e. The van der Waals surface area contributed by atoms with Crippen molar-refractivity contribution in [2.45, 2.75) is 33.4 Å². The van der Waals surface area contributed by atoms with Crippen LogP contribution in [0.2, 0.25) is 0 Å². The van der Waals surface area contributed by atoms with Gasteiger partial charge in [-0.3, -0.25) is 14.3 Å². The van der Waals surface area contributed by atoms with Crippen molar-refractivity contribution in [1.29, 1.82) is 0 Å². The Bertz CT molecular complexity index is 1310. The van der Waals surface area contributed by atoms with Crippen LogP contribution in [-0.2, 0) is 13.1 Å². The lowest BCUT2D eigenvalue weighted by Crippen LogP contribution is -2.39. The number of anilines is 2. The summed E-state index contributed by atoms with van der Waals surface area (Å²) in [6.07, 6.45) is 0.808. The second-order valence-electron chi connectivity index (χ2n) is 8.16. The van der Waals surface area contributed by atoms with Gasteiger partial charge in [-0.25, -0.2) is 4.79 Å². The monoisotopic (exact) mass is 466 g/mol. The summed E-state index contributed by atoms with van der Waals surface area (Å²) < 4.78 is 6.83. The van der Waals surface area contributed by atoms with E-state index in [0.29, 0.717) is 24.2 Å². The number of hydrogen-bond acceptors (Lipinski definition) is 8. The molecule has 0 saturated heterocycles. The number of rotatable bonds is 9. The normalized spacial score (nSPS) is 11.2. The highest BCUT2D eigenvalue weighted by Crippen LogP contribution is 2.24. The first-order chi connectivity index (χ1) is 15.9. The van der Waals surface area contributed by atoms with Gasteiger partial charge in [0, 0.05) is 6.54 Å². The average Bonchev–Trinajstić information content (AvgIpc) is 3.47. The summed E-state index contributed by atoms with van der Waals surface area (Å²) in [5.41, 5.74) is 6.45. The van der Waals surface area contributed by atoms with Crippen molar-refractivity contribution in [3.8, 4) is 10.7 Å². The lowest BCUT2D eigenvalue weighted by Gasteiger charge is -2.25. The zero-order chi connectivity index (χ0) is 23.4. The molecule has 0 spiro atoms. The Kier molecular flexibility index (Phi) is 6.74. The van der Waals surface area contributed by atoms with Crippen LogP contribution < -0.4 is 21.9 Å². The molecule has 10 heteroatoms. The zero-order valence-electron chi connectivity index (χ0n) is 18.5. The SMILES string of the molecule is CC(C)CCN(Cc1nc(-c2cccs2)no1)c1c(N)n(Cc2ccccc2)c(=O)[nH]c1=O. The molecule has 33 heavy (non-hydrogen) atoms. The highest BCUT2D eigenvalue weighted by Gasteiger charge is 2.22. The van der Waals surface area contributed by atoms with Gasteiger partial charge in [-0.2, -0.15) is 4.98 Å². The van der Waals surface area contributed by atoms with Crippen LogP contribution in [0.5, 0.6) is 0 Å². The van der Waals surface area contributed by atoms with Gasteiger partial charge in [0.25, 0.3) is 5.56 Å². The Balaban J connectivity index is 1.70. The van der Waals surface area contributed by atoms with Crippen molar-refractivity contribution in [2.24, 2.45) is 5.92 Å². The highest BCUT2D eigenvalue weighted by atomic mass is 32.1. The minimum absolute atomic E-state index is 0.106. The highest BCUT2D eigenvalue weighted by molar-refractivity contribution is 7.13. The lowest BCUT2D eigenvalue weighted by atomic mass is 10.1. The molecule has 3 heterocycles. The molecule has 0 aliphatic heterocycles. The second-order valence-corrected chi connectivity index (χ2v) is 9.11. The van der Waals surface area contributed by atoms with Crippen LogP contribution in [0.25, 0.3) is 10.7 Å². The van der Waals surface area contributed by atoms with E-state index in [1.165, 1.54) is 15.9 Å². The van der Waals surface area contributed by atoms with Crippen molar-refractivity contribution in [3.05, 3.63) is 80.1 Å². The van der Waals surface area contributed by atoms with Crippen LogP contribution in [0, 0.1) is 5.92 Å². The summed E-state index contributed by atoms with van der Waals surface area (Å²) in [5, 5.41) is 6.00. The predicted molar refractivity (Wildman–Crippen MR) is 129 cm³/mol. The standard InChI is InChI=1S/C23H26N6O3S/c1-15(2)10-11-28(14-18-25-21(27-32-18)17-9-6-12-33-17)19-20(24)29(23(31)26-22(19)30)13-16-7-4-3-5-8-16/h3-9,12,15H,10-11,13-14,24H2,1-2H3,(H,26,30,31). The number of nitrogens with one attached hydrogen (secondary N) is 1. The lowest BCUT2D eigenvalue weighted by molar-refractivity contribution is 0.375. The summed E-state index contributed by atoms with van der Waals surface area (Å²) in [7, 11) is 0. The molecule has 172 valence electrons. The number of benzene rings is 1. The van der Waals surface area contributed by atoms with E-state index < -0.39 is 11.2 Å². The van der Waals surface area contributed by atoms with E-state index in [2.05, 4.69) is 29.0 Å². The molecule has 0 bridgehead atoms. The fourth-order valence-electron chi connectivity index (χ4n) is 3.48. The number of nitrogen functional groups attached to an aromatic ring is 1. The first-order valence-corrected chi connectivity index (χ1v) is 11.6. The maximum absolute atomic E-state index is 12.9. The maximum Gasteiger partial charge on any atom is 0.330 e. The summed E-state index contributed by atoms with van der Waals surface area (Å²) in [6.45, 7) is 5.18. The number of aromatic nitrogens is 4. The van der Waals surface area contributed by atoms with Gasteiger partial charge >= 0.3 is 5.69 Å². The molecule has 0 amide bonds. The number of nitrogens with two attached hydrogens (primary N) is 1. The van der Waals surface area contributed by atoms with Crippen molar-refractivity contribution in [3.63, 3.8) is 0 Å². The first-order valence-electron chi connectivity index (χ1n) is 10.7. The Morgan fingerprint density at radius 3 is 2.67 bits per heavy atom. The van der Waals surface area contributed by atoms with Crippen LogP contribution in [0.1, 0.15) is 31.7 Å². The van der Waals surface area contributed by atoms with Crippen molar-refractivity contribution >= 4 is 22.8 Å². The summed E-state index contributed by atoms with van der Waals surface area (Å²) in [4.78, 5) is 35.0. The first kappa shape index (κ1) is 22.5. The topological polar surface area (TPSA) is 123 Å². The van der Waals surface area contributed by atoms with Gasteiger partial charge < -0.3 is 15.2 Å². The number of thiophene rings is 1. The summed E-state index contributed by atoms with van der Waals surface area (Å²) >= 11 is 1.52. The third-order valence-corrected chi connectivity index (χ3v) is 6.09. The van der Waals surface area contributed by atoms with E-state index in [1.807, 2.05) is 47.8 Å². The minimum atomic E-state index is -0.549. The van der Waals surface area contributed by atoms with E-state index in [0.717, 1.165) is 16.9 Å². The number of H-pyrrole nitrogens is 1. The van der Waals surface area contributed by atoms with Gasteiger partial charge in [-0.1, -0.05) is 55.4 Å². The second kappa shape index (κ2) is 9.86. The molecule has 9 nitrogen and oxygen atoms in total. The van der Waals surface area contributed by atoms with Crippen LogP contribution in [-0.4, -0.2) is 26.2 Å². The Hall–Kier alpha value is -3.66. The number of nitrogens with zero attached hydrogens (tertiary/aromatic N) is 4. The van der Waals surface area contributed by atoms with E-state index in [4.69, 9.17) is 10.3 Å². The molecule has 0 aliphatic rings. The maximum atomic E-state index is 12.9. The molecule has 4 rings (SSSR count). The molecule has 0 radical (unpaired) electrons. The average molecular weight is 467 g/mol. The molecule has 0 aliphatic carbocycles. The van der Waals surface area contributed by atoms with Crippen LogP contribution in [0.15, 0.2) is 62.0 Å². The quantitative estimate of drug-likeness (QED) is 0.388. The largest absolute Gasteiger partial charge is 0.383 e. The smallest absolute Gasteiger partial charge is 0.330 e. The molecule has 0 fully saturated rings. The van der Waals surface area contributed by atoms with Crippen LogP contribution >= 0.6 is 11.3 Å². The molecule has 3 N–H and O–H groups in total. The zero-order valence-corrected chi connectivity index (χ0v) is 19.3. The molecule has 3 aromatic heterocycles. The van der Waals surface area contributed by atoms with Gasteiger partial charge in [0.15, 0.2) is 0 Å². The van der Waals surface area contributed by atoms with Crippen molar-refractivity contribution < 1.29 is 4.52 Å². The van der Waals surface area contributed by atoms with Gasteiger partial charge in [0.2, 0.25) is 11.7 Å². The molecule has 4 aromatic rings. The Labute approximate surface area is 194 Å². The Morgan fingerprint density at radius 1 is 1.18 bits per heavy atom. The Morgan fingerprint density at radius 2 is 1.97 bits per heavy atom. The molecule has 0 atom stereocenters. The van der Waals surface area contributed by atoms with E-state index in [9.17, 15) is 9.59 Å². The van der Waals surface area contributed by atoms with E-state index >= 15 is 0 Å². The van der Waals surface area contributed by atoms with Gasteiger partial charge in [0.1, 0.15) is 11.5 Å². The molecule has 0 saturated carbocycles. The molecule has 1 aromatic carbocycles. The van der Waals surface area contributed by atoms with Gasteiger partial charge in [0.05, 0.1) is 18.0 Å². The van der Waals surface area contributed by atoms with Gasteiger partial charge in [-0.05, 0) is 29.3 Å². The summed E-state index contributed by atoms with van der Waals surface area (Å²) in [5.74, 6) is 1.36. The molecular formula is C23H26N6O3S. The fourth-order valence-corrected chi connectivity index (χ4v) is 4.13. The van der Waals surface area contributed by atoms with Gasteiger partial charge in [-0.15, -0.1) is 11.3 Å². The summed E-state index contributed by atoms with van der Waals surface area (Å²) in [6, 6.07) is 13.3. The predicted octanol–water partition coefficient (Wildman–Crippen LogP) is 3.33. The van der Waals surface area contributed by atoms with Crippen LogP contribution in [0.4, 0.5) is 11.5 Å². The third-order valence-electron chi connectivity index (χ3n) is 5.23. The molecular weight excluding hydrogens is 440 g/mol. The number of hydrogen-bond donors (Lipinski definition) is 2. The van der Waals surface area contributed by atoms with Crippen LogP contribution in [0.3, 0.4) is 0 Å². The van der Waals surface area contributed by atoms with E-state index in [-0.39, 0.29) is 24.6 Å².